The normalized spacial score (nSPS) is 10.9. The highest BCUT2D eigenvalue weighted by Gasteiger charge is 2.11. The molecule has 2 N–H and O–H groups in total. The number of hydrogen-bond donors (Lipinski definition) is 2. The Morgan fingerprint density at radius 1 is 1.03 bits per heavy atom. The lowest BCUT2D eigenvalue weighted by Gasteiger charge is -2.10. The Morgan fingerprint density at radius 3 is 2.55 bits per heavy atom. The van der Waals surface area contributed by atoms with Crippen LogP contribution in [-0.2, 0) is 6.61 Å². The zero-order valence-corrected chi connectivity index (χ0v) is 17.2. The molecule has 0 aliphatic carbocycles. The molecule has 8 heteroatoms. The van der Waals surface area contributed by atoms with E-state index in [4.69, 9.17) is 39.5 Å². The summed E-state index contributed by atoms with van der Waals surface area (Å²) < 4.78 is 5.83. The summed E-state index contributed by atoms with van der Waals surface area (Å²) in [5.41, 5.74) is 3.73. The van der Waals surface area contributed by atoms with Crippen LogP contribution in [0.5, 0.6) is 11.5 Å². The van der Waals surface area contributed by atoms with Gasteiger partial charge in [0.2, 0.25) is 0 Å². The molecule has 0 bridgehead atoms. The van der Waals surface area contributed by atoms with Gasteiger partial charge < -0.3 is 9.84 Å². The molecule has 0 heterocycles. The zero-order valence-electron chi connectivity index (χ0n) is 14.9. The average molecular weight is 450 g/mol. The minimum atomic E-state index is -0.609. The monoisotopic (exact) mass is 448 g/mol. The molecule has 0 saturated heterocycles. The van der Waals surface area contributed by atoms with Gasteiger partial charge in [0.15, 0.2) is 0 Å². The molecular weight excluding hydrogens is 435 g/mol. The number of carbonyl (C=O) groups excluding carboxylic acids is 1. The molecular formula is C21H15Cl3N2O3. The minimum absolute atomic E-state index is 0.0101. The van der Waals surface area contributed by atoms with Crippen LogP contribution in [0.2, 0.25) is 15.1 Å². The molecule has 0 atom stereocenters. The van der Waals surface area contributed by atoms with E-state index in [-0.39, 0.29) is 17.9 Å². The SMILES string of the molecule is O=C(NN=Cc1cc(Cl)ccc1OCc1ccccc1Cl)c1cc(Cl)ccc1O. The Balaban J connectivity index is 1.73. The molecule has 0 aliphatic rings. The summed E-state index contributed by atoms with van der Waals surface area (Å²) in [5, 5.41) is 15.1. The number of phenols is 1. The van der Waals surface area contributed by atoms with Gasteiger partial charge in [-0.15, -0.1) is 0 Å². The van der Waals surface area contributed by atoms with Crippen molar-refractivity contribution < 1.29 is 14.6 Å². The van der Waals surface area contributed by atoms with Crippen molar-refractivity contribution in [3.8, 4) is 11.5 Å². The van der Waals surface area contributed by atoms with E-state index >= 15 is 0 Å². The van der Waals surface area contributed by atoms with Gasteiger partial charge in [-0.3, -0.25) is 4.79 Å². The molecule has 0 radical (unpaired) electrons. The number of carbonyl (C=O) groups is 1. The van der Waals surface area contributed by atoms with E-state index < -0.39 is 5.91 Å². The molecule has 0 aromatic heterocycles. The van der Waals surface area contributed by atoms with Crippen molar-refractivity contribution in [1.29, 1.82) is 0 Å². The first-order valence-corrected chi connectivity index (χ1v) is 9.55. The Bertz CT molecular complexity index is 1070. The number of hydrazone groups is 1. The van der Waals surface area contributed by atoms with Gasteiger partial charge in [-0.2, -0.15) is 5.10 Å². The molecule has 148 valence electrons. The first-order valence-electron chi connectivity index (χ1n) is 8.41. The van der Waals surface area contributed by atoms with Crippen LogP contribution in [0.3, 0.4) is 0 Å². The Kier molecular flexibility index (Phi) is 6.99. The molecule has 3 aromatic carbocycles. The van der Waals surface area contributed by atoms with E-state index in [0.29, 0.717) is 26.4 Å². The molecule has 0 aliphatic heterocycles. The van der Waals surface area contributed by atoms with Gasteiger partial charge in [-0.25, -0.2) is 5.43 Å². The fourth-order valence-corrected chi connectivity index (χ4v) is 2.98. The number of rotatable bonds is 6. The van der Waals surface area contributed by atoms with Crippen molar-refractivity contribution in [1.82, 2.24) is 5.43 Å². The number of hydrogen-bond acceptors (Lipinski definition) is 4. The van der Waals surface area contributed by atoms with E-state index in [2.05, 4.69) is 10.5 Å². The van der Waals surface area contributed by atoms with Crippen molar-refractivity contribution in [2.24, 2.45) is 5.10 Å². The second kappa shape index (κ2) is 9.65. The second-order valence-electron chi connectivity index (χ2n) is 5.92. The largest absolute Gasteiger partial charge is 0.507 e. The van der Waals surface area contributed by atoms with Gasteiger partial charge >= 0.3 is 0 Å². The Labute approximate surface area is 182 Å². The second-order valence-corrected chi connectivity index (χ2v) is 7.20. The summed E-state index contributed by atoms with van der Waals surface area (Å²) >= 11 is 18.1. The van der Waals surface area contributed by atoms with Gasteiger partial charge in [-0.05, 0) is 42.5 Å². The van der Waals surface area contributed by atoms with E-state index in [1.165, 1.54) is 24.4 Å². The number of aromatic hydroxyl groups is 1. The third-order valence-electron chi connectivity index (χ3n) is 3.89. The van der Waals surface area contributed by atoms with Crippen LogP contribution in [0.15, 0.2) is 65.8 Å². The molecule has 3 rings (SSSR count). The summed E-state index contributed by atoms with van der Waals surface area (Å²) in [6.45, 7) is 0.255. The summed E-state index contributed by atoms with van der Waals surface area (Å²) in [6, 6.07) is 16.5. The molecule has 3 aromatic rings. The quantitative estimate of drug-likeness (QED) is 0.375. The van der Waals surface area contributed by atoms with Crippen molar-refractivity contribution in [2.75, 3.05) is 0 Å². The van der Waals surface area contributed by atoms with Gasteiger partial charge in [-0.1, -0.05) is 53.0 Å². The van der Waals surface area contributed by atoms with E-state index in [1.54, 1.807) is 24.3 Å². The molecule has 29 heavy (non-hydrogen) atoms. The third kappa shape index (κ3) is 5.64. The van der Waals surface area contributed by atoms with Crippen LogP contribution in [0.25, 0.3) is 0 Å². The van der Waals surface area contributed by atoms with Gasteiger partial charge in [0.25, 0.3) is 5.91 Å². The smallest absolute Gasteiger partial charge is 0.275 e. The third-order valence-corrected chi connectivity index (χ3v) is 4.72. The highest BCUT2D eigenvalue weighted by atomic mass is 35.5. The predicted octanol–water partition coefficient (Wildman–Crippen LogP) is 5.70. The summed E-state index contributed by atoms with van der Waals surface area (Å²) in [7, 11) is 0. The van der Waals surface area contributed by atoms with Crippen LogP contribution >= 0.6 is 34.8 Å². The number of halogens is 3. The lowest BCUT2D eigenvalue weighted by atomic mass is 10.2. The van der Waals surface area contributed by atoms with Crippen molar-refractivity contribution >= 4 is 46.9 Å². The van der Waals surface area contributed by atoms with Crippen LogP contribution in [0, 0.1) is 0 Å². The summed E-state index contributed by atoms with van der Waals surface area (Å²) in [4.78, 5) is 12.2. The number of nitrogens with one attached hydrogen (secondary N) is 1. The molecule has 5 nitrogen and oxygen atoms in total. The maximum Gasteiger partial charge on any atom is 0.275 e. The number of nitrogens with zero attached hydrogens (tertiary/aromatic N) is 1. The number of benzene rings is 3. The van der Waals surface area contributed by atoms with Crippen LogP contribution in [0.4, 0.5) is 0 Å². The fourth-order valence-electron chi connectivity index (χ4n) is 2.43. The molecule has 0 unspecified atom stereocenters. The first kappa shape index (κ1) is 21.0. The summed E-state index contributed by atoms with van der Waals surface area (Å²) in [6.07, 6.45) is 1.40. The topological polar surface area (TPSA) is 70.9 Å². The van der Waals surface area contributed by atoms with Crippen molar-refractivity contribution in [2.45, 2.75) is 6.61 Å². The van der Waals surface area contributed by atoms with Crippen LogP contribution in [0.1, 0.15) is 21.5 Å². The van der Waals surface area contributed by atoms with Gasteiger partial charge in [0, 0.05) is 26.2 Å². The minimum Gasteiger partial charge on any atom is -0.507 e. The van der Waals surface area contributed by atoms with E-state index in [1.807, 2.05) is 18.2 Å². The number of ether oxygens (including phenoxy) is 1. The fraction of sp³-hybridized carbons (Fsp3) is 0.0476. The molecule has 0 saturated carbocycles. The molecule has 1 amide bonds. The lowest BCUT2D eigenvalue weighted by molar-refractivity contribution is 0.0952. The number of phenolic OH excluding ortho intramolecular Hbond substituents is 1. The Morgan fingerprint density at radius 2 is 1.76 bits per heavy atom. The standard InChI is InChI=1S/C21H15Cl3N2O3/c22-15-6-8-20(29-12-13-3-1-2-4-18(13)24)14(9-15)11-25-26-21(28)17-10-16(23)5-7-19(17)27/h1-11,27H,12H2,(H,26,28). The maximum absolute atomic E-state index is 12.2. The lowest BCUT2D eigenvalue weighted by Crippen LogP contribution is -2.17. The molecule has 0 spiro atoms. The van der Waals surface area contributed by atoms with Gasteiger partial charge in [0.1, 0.15) is 18.1 Å². The predicted molar refractivity (Wildman–Crippen MR) is 115 cm³/mol. The highest BCUT2D eigenvalue weighted by Crippen LogP contribution is 2.24. The van der Waals surface area contributed by atoms with Gasteiger partial charge in [0.05, 0.1) is 11.8 Å². The average Bonchev–Trinajstić information content (AvgIpc) is 2.70. The number of amides is 1. The maximum atomic E-state index is 12.2. The van der Waals surface area contributed by atoms with E-state index in [9.17, 15) is 9.90 Å². The highest BCUT2D eigenvalue weighted by molar-refractivity contribution is 6.31. The molecule has 0 fully saturated rings. The van der Waals surface area contributed by atoms with Crippen molar-refractivity contribution in [3.63, 3.8) is 0 Å². The Hall–Kier alpha value is -2.73. The zero-order chi connectivity index (χ0) is 20.8. The summed E-state index contributed by atoms with van der Waals surface area (Å²) in [5.74, 6) is -0.298. The van der Waals surface area contributed by atoms with Crippen LogP contribution < -0.4 is 10.2 Å². The van der Waals surface area contributed by atoms with Crippen molar-refractivity contribution in [3.05, 3.63) is 92.4 Å². The van der Waals surface area contributed by atoms with Crippen LogP contribution in [-0.4, -0.2) is 17.2 Å². The van der Waals surface area contributed by atoms with E-state index in [0.717, 1.165) is 5.56 Å². The first-order chi connectivity index (χ1) is 13.9.